The molecule has 2 aromatic carbocycles. The van der Waals surface area contributed by atoms with Crippen LogP contribution in [-0.4, -0.2) is 19.1 Å². The van der Waals surface area contributed by atoms with Crippen LogP contribution in [0.4, 0.5) is 0 Å². The van der Waals surface area contributed by atoms with Gasteiger partial charge in [0.15, 0.2) is 11.5 Å². The normalized spacial score (nSPS) is 14.2. The molecular formula is C22H27NO3. The van der Waals surface area contributed by atoms with Gasteiger partial charge in [0.25, 0.3) is 0 Å². The average molecular weight is 353 g/mol. The molecule has 1 N–H and O–H groups in total. The number of rotatable bonds is 5. The standard InChI is InChI=1S/C22H27NO3/c1-14(2)22(18-7-8-19-20(13-18)26-10-9-25-19)23-21(24)12-17-6-5-15(3)16(4)11-17/h5-8,11,13-14,22H,9-10,12H2,1-4H3,(H,23,24)/t22-/m1/s1. The number of carbonyl (C=O) groups excluding carboxylic acids is 1. The van der Waals surface area contributed by atoms with Gasteiger partial charge in [0, 0.05) is 0 Å². The summed E-state index contributed by atoms with van der Waals surface area (Å²) in [6, 6.07) is 12.0. The maximum absolute atomic E-state index is 12.6. The van der Waals surface area contributed by atoms with Crippen molar-refractivity contribution in [3.63, 3.8) is 0 Å². The highest BCUT2D eigenvalue weighted by Gasteiger charge is 2.21. The lowest BCUT2D eigenvalue weighted by Gasteiger charge is -2.25. The smallest absolute Gasteiger partial charge is 0.224 e. The Morgan fingerprint density at radius 1 is 1.00 bits per heavy atom. The van der Waals surface area contributed by atoms with E-state index in [1.807, 2.05) is 24.3 Å². The first-order valence-corrected chi connectivity index (χ1v) is 9.19. The van der Waals surface area contributed by atoms with Gasteiger partial charge in [-0.3, -0.25) is 4.79 Å². The molecule has 0 spiro atoms. The Morgan fingerprint density at radius 2 is 1.73 bits per heavy atom. The van der Waals surface area contributed by atoms with Crippen molar-refractivity contribution in [2.45, 2.75) is 40.2 Å². The van der Waals surface area contributed by atoms with Crippen LogP contribution in [0.2, 0.25) is 0 Å². The van der Waals surface area contributed by atoms with Crippen LogP contribution in [0.1, 0.15) is 42.1 Å². The van der Waals surface area contributed by atoms with E-state index in [0.29, 0.717) is 19.6 Å². The van der Waals surface area contributed by atoms with Gasteiger partial charge in [-0.15, -0.1) is 0 Å². The maximum Gasteiger partial charge on any atom is 0.224 e. The van der Waals surface area contributed by atoms with Crippen LogP contribution >= 0.6 is 0 Å². The fraction of sp³-hybridized carbons (Fsp3) is 0.409. The topological polar surface area (TPSA) is 47.6 Å². The van der Waals surface area contributed by atoms with Gasteiger partial charge in [-0.2, -0.15) is 0 Å². The Balaban J connectivity index is 1.73. The lowest BCUT2D eigenvalue weighted by atomic mass is 9.95. The van der Waals surface area contributed by atoms with Crippen LogP contribution in [0.5, 0.6) is 11.5 Å². The maximum atomic E-state index is 12.6. The SMILES string of the molecule is Cc1ccc(CC(=O)N[C@@H](c2ccc3c(c2)OCCO3)C(C)C)cc1C. The molecule has 1 atom stereocenters. The van der Waals surface area contributed by atoms with Gasteiger partial charge in [0.2, 0.25) is 5.91 Å². The summed E-state index contributed by atoms with van der Waals surface area (Å²) < 4.78 is 11.3. The molecule has 4 nitrogen and oxygen atoms in total. The van der Waals surface area contributed by atoms with Gasteiger partial charge in [-0.25, -0.2) is 0 Å². The van der Waals surface area contributed by atoms with E-state index in [0.717, 1.165) is 22.6 Å². The zero-order chi connectivity index (χ0) is 18.7. The quantitative estimate of drug-likeness (QED) is 0.879. The first-order chi connectivity index (χ1) is 12.4. The summed E-state index contributed by atoms with van der Waals surface area (Å²) in [6.45, 7) is 9.50. The van der Waals surface area contributed by atoms with Crippen LogP contribution in [0, 0.1) is 19.8 Å². The molecular weight excluding hydrogens is 326 g/mol. The summed E-state index contributed by atoms with van der Waals surface area (Å²) in [7, 11) is 0. The van der Waals surface area contributed by atoms with Gasteiger partial charge >= 0.3 is 0 Å². The van der Waals surface area contributed by atoms with E-state index in [1.165, 1.54) is 11.1 Å². The highest BCUT2D eigenvalue weighted by molar-refractivity contribution is 5.79. The number of fused-ring (bicyclic) bond motifs is 1. The highest BCUT2D eigenvalue weighted by atomic mass is 16.6. The molecule has 1 heterocycles. The van der Waals surface area contributed by atoms with Gasteiger partial charge in [0.1, 0.15) is 13.2 Å². The molecule has 4 heteroatoms. The molecule has 138 valence electrons. The van der Waals surface area contributed by atoms with E-state index < -0.39 is 0 Å². The predicted molar refractivity (Wildman–Crippen MR) is 103 cm³/mol. The largest absolute Gasteiger partial charge is 0.486 e. The zero-order valence-corrected chi connectivity index (χ0v) is 16.0. The summed E-state index contributed by atoms with van der Waals surface area (Å²) in [4.78, 5) is 12.6. The molecule has 0 saturated carbocycles. The molecule has 0 bridgehead atoms. The molecule has 2 aromatic rings. The van der Waals surface area contributed by atoms with Crippen molar-refractivity contribution in [3.8, 4) is 11.5 Å². The molecule has 26 heavy (non-hydrogen) atoms. The zero-order valence-electron chi connectivity index (χ0n) is 16.0. The van der Waals surface area contributed by atoms with Crippen molar-refractivity contribution in [1.82, 2.24) is 5.32 Å². The molecule has 0 fully saturated rings. The van der Waals surface area contributed by atoms with Crippen LogP contribution in [0.15, 0.2) is 36.4 Å². The fourth-order valence-electron chi connectivity index (χ4n) is 3.21. The monoisotopic (exact) mass is 353 g/mol. The third-order valence-corrected chi connectivity index (χ3v) is 4.84. The summed E-state index contributed by atoms with van der Waals surface area (Å²) in [5.74, 6) is 1.81. The second-order valence-electron chi connectivity index (χ2n) is 7.29. The van der Waals surface area contributed by atoms with Crippen molar-refractivity contribution in [3.05, 3.63) is 58.7 Å². The molecule has 1 aliphatic heterocycles. The second-order valence-corrected chi connectivity index (χ2v) is 7.29. The van der Waals surface area contributed by atoms with Crippen LogP contribution in [0.25, 0.3) is 0 Å². The molecule has 0 aliphatic carbocycles. The summed E-state index contributed by atoms with van der Waals surface area (Å²) >= 11 is 0. The Kier molecular flexibility index (Phi) is 5.50. The summed E-state index contributed by atoms with van der Waals surface area (Å²) in [5, 5.41) is 3.19. The third kappa shape index (κ3) is 4.18. The van der Waals surface area contributed by atoms with Gasteiger partial charge < -0.3 is 14.8 Å². The van der Waals surface area contributed by atoms with Gasteiger partial charge in [0.05, 0.1) is 12.5 Å². The third-order valence-electron chi connectivity index (χ3n) is 4.84. The highest BCUT2D eigenvalue weighted by Crippen LogP contribution is 2.34. The van der Waals surface area contributed by atoms with Gasteiger partial charge in [-0.05, 0) is 54.2 Å². The summed E-state index contributed by atoms with van der Waals surface area (Å²) in [6.07, 6.45) is 0.384. The number of aryl methyl sites for hydroxylation is 2. The van der Waals surface area contributed by atoms with Crippen LogP contribution in [-0.2, 0) is 11.2 Å². The molecule has 3 rings (SSSR count). The first kappa shape index (κ1) is 18.3. The van der Waals surface area contributed by atoms with E-state index in [9.17, 15) is 4.79 Å². The van der Waals surface area contributed by atoms with Crippen molar-refractivity contribution in [1.29, 1.82) is 0 Å². The fourth-order valence-corrected chi connectivity index (χ4v) is 3.21. The molecule has 0 aromatic heterocycles. The summed E-state index contributed by atoms with van der Waals surface area (Å²) in [5.41, 5.74) is 4.53. The number of amides is 1. The minimum atomic E-state index is -0.0649. The number of benzene rings is 2. The second kappa shape index (κ2) is 7.81. The van der Waals surface area contributed by atoms with E-state index in [2.05, 4.69) is 45.1 Å². The first-order valence-electron chi connectivity index (χ1n) is 9.19. The number of nitrogens with one attached hydrogen (secondary N) is 1. The van der Waals surface area contributed by atoms with Crippen molar-refractivity contribution in [2.75, 3.05) is 13.2 Å². The molecule has 1 amide bonds. The van der Waals surface area contributed by atoms with E-state index in [4.69, 9.17) is 9.47 Å². The van der Waals surface area contributed by atoms with Crippen molar-refractivity contribution >= 4 is 5.91 Å². The minimum Gasteiger partial charge on any atom is -0.486 e. The molecule has 0 saturated heterocycles. The number of hydrogen-bond acceptors (Lipinski definition) is 3. The Bertz CT molecular complexity index is 798. The number of carbonyl (C=O) groups is 1. The predicted octanol–water partition coefficient (Wildman–Crippen LogP) is 4.13. The van der Waals surface area contributed by atoms with Crippen molar-refractivity contribution in [2.24, 2.45) is 5.92 Å². The van der Waals surface area contributed by atoms with E-state index in [1.54, 1.807) is 0 Å². The van der Waals surface area contributed by atoms with E-state index >= 15 is 0 Å². The average Bonchev–Trinajstić information content (AvgIpc) is 2.62. The molecule has 0 unspecified atom stereocenters. The molecule has 1 aliphatic rings. The Hall–Kier alpha value is -2.49. The number of ether oxygens (including phenoxy) is 2. The lowest BCUT2D eigenvalue weighted by Crippen LogP contribution is -2.33. The van der Waals surface area contributed by atoms with E-state index in [-0.39, 0.29) is 17.9 Å². The Labute approximate surface area is 155 Å². The Morgan fingerprint density at radius 3 is 2.42 bits per heavy atom. The lowest BCUT2D eigenvalue weighted by molar-refractivity contribution is -0.121. The van der Waals surface area contributed by atoms with Crippen molar-refractivity contribution < 1.29 is 14.3 Å². The molecule has 0 radical (unpaired) electrons. The van der Waals surface area contributed by atoms with Gasteiger partial charge in [-0.1, -0.05) is 38.1 Å². The minimum absolute atomic E-state index is 0.0295. The van der Waals surface area contributed by atoms with Crippen LogP contribution in [0.3, 0.4) is 0 Å². The van der Waals surface area contributed by atoms with Crippen LogP contribution < -0.4 is 14.8 Å². The number of hydrogen-bond donors (Lipinski definition) is 1.